The standard InChI is InChI=1S/C15H13FN4O2/c1-8-3-4-10(9(16)5-8)19-11-6-12(21)20(2)14-13(11)15(22)18-7-17-14/h3-7,19H,1-2H3,(H,17,18,22). The molecule has 0 aliphatic heterocycles. The van der Waals surface area contributed by atoms with Gasteiger partial charge in [-0.1, -0.05) is 6.07 Å². The fraction of sp³-hybridized carbons (Fsp3) is 0.133. The molecular weight excluding hydrogens is 287 g/mol. The molecule has 22 heavy (non-hydrogen) atoms. The molecule has 2 N–H and O–H groups in total. The molecule has 0 fully saturated rings. The zero-order valence-corrected chi connectivity index (χ0v) is 12.0. The molecule has 0 aliphatic rings. The van der Waals surface area contributed by atoms with Crippen molar-refractivity contribution in [1.29, 1.82) is 0 Å². The number of aromatic nitrogens is 3. The van der Waals surface area contributed by atoms with E-state index >= 15 is 0 Å². The van der Waals surface area contributed by atoms with Gasteiger partial charge in [0, 0.05) is 13.1 Å². The van der Waals surface area contributed by atoms with Gasteiger partial charge < -0.3 is 10.3 Å². The quantitative estimate of drug-likeness (QED) is 0.756. The summed E-state index contributed by atoms with van der Waals surface area (Å²) < 4.78 is 15.2. The molecule has 0 aliphatic carbocycles. The zero-order valence-electron chi connectivity index (χ0n) is 12.0. The SMILES string of the molecule is Cc1ccc(Nc2cc(=O)n(C)c3nc[nH]c(=O)c23)c(F)c1. The fourth-order valence-corrected chi connectivity index (χ4v) is 2.25. The lowest BCUT2D eigenvalue weighted by molar-refractivity contribution is 0.631. The van der Waals surface area contributed by atoms with E-state index in [1.807, 2.05) is 0 Å². The van der Waals surface area contributed by atoms with E-state index in [2.05, 4.69) is 15.3 Å². The Morgan fingerprint density at radius 2 is 2.00 bits per heavy atom. The van der Waals surface area contributed by atoms with Gasteiger partial charge in [-0.05, 0) is 24.6 Å². The van der Waals surface area contributed by atoms with E-state index in [0.717, 1.165) is 5.56 Å². The Kier molecular flexibility index (Phi) is 3.25. The first-order chi connectivity index (χ1) is 10.5. The van der Waals surface area contributed by atoms with Crippen LogP contribution in [-0.2, 0) is 7.05 Å². The molecule has 0 radical (unpaired) electrons. The number of pyridine rings is 1. The highest BCUT2D eigenvalue weighted by Crippen LogP contribution is 2.23. The summed E-state index contributed by atoms with van der Waals surface area (Å²) in [6.07, 6.45) is 1.22. The summed E-state index contributed by atoms with van der Waals surface area (Å²) in [4.78, 5) is 30.5. The van der Waals surface area contributed by atoms with Crippen LogP contribution in [0.5, 0.6) is 0 Å². The van der Waals surface area contributed by atoms with Crippen molar-refractivity contribution in [3.63, 3.8) is 0 Å². The Labute approximate surface area is 124 Å². The number of aromatic amines is 1. The third-order valence-corrected chi connectivity index (χ3v) is 3.41. The zero-order chi connectivity index (χ0) is 15.9. The minimum atomic E-state index is -0.464. The molecule has 0 saturated heterocycles. The topological polar surface area (TPSA) is 79.8 Å². The lowest BCUT2D eigenvalue weighted by Gasteiger charge is -2.11. The van der Waals surface area contributed by atoms with Gasteiger partial charge in [0.15, 0.2) is 5.65 Å². The predicted octanol–water partition coefficient (Wildman–Crippen LogP) is 1.81. The largest absolute Gasteiger partial charge is 0.352 e. The number of H-pyrrole nitrogens is 1. The van der Waals surface area contributed by atoms with Gasteiger partial charge in [-0.2, -0.15) is 0 Å². The second kappa shape index (κ2) is 5.10. The number of nitrogens with one attached hydrogen (secondary N) is 2. The number of nitrogens with zero attached hydrogens (tertiary/aromatic N) is 2. The molecule has 0 amide bonds. The molecule has 1 aromatic carbocycles. The molecule has 6 nitrogen and oxygen atoms in total. The van der Waals surface area contributed by atoms with E-state index < -0.39 is 11.4 Å². The van der Waals surface area contributed by atoms with E-state index in [9.17, 15) is 14.0 Å². The van der Waals surface area contributed by atoms with Crippen molar-refractivity contribution < 1.29 is 4.39 Å². The number of hydrogen-bond donors (Lipinski definition) is 2. The van der Waals surface area contributed by atoms with Crippen molar-refractivity contribution in [1.82, 2.24) is 14.5 Å². The van der Waals surface area contributed by atoms with Crippen LogP contribution in [0.25, 0.3) is 11.0 Å². The second-order valence-corrected chi connectivity index (χ2v) is 4.99. The molecule has 0 spiro atoms. The number of rotatable bonds is 2. The Hall–Kier alpha value is -2.96. The van der Waals surface area contributed by atoms with Crippen LogP contribution in [0.15, 0.2) is 40.2 Å². The van der Waals surface area contributed by atoms with Crippen molar-refractivity contribution in [2.24, 2.45) is 7.05 Å². The Morgan fingerprint density at radius 3 is 2.73 bits per heavy atom. The van der Waals surface area contributed by atoms with Crippen LogP contribution in [0.1, 0.15) is 5.56 Å². The van der Waals surface area contributed by atoms with Crippen LogP contribution in [0.2, 0.25) is 0 Å². The summed E-state index contributed by atoms with van der Waals surface area (Å²) in [7, 11) is 1.52. The normalized spacial score (nSPS) is 10.9. The van der Waals surface area contributed by atoms with Crippen LogP contribution in [-0.4, -0.2) is 14.5 Å². The van der Waals surface area contributed by atoms with Crippen molar-refractivity contribution in [2.75, 3.05) is 5.32 Å². The number of hydrogen-bond acceptors (Lipinski definition) is 4. The maximum absolute atomic E-state index is 14.0. The van der Waals surface area contributed by atoms with Gasteiger partial charge in [-0.3, -0.25) is 14.2 Å². The maximum atomic E-state index is 14.0. The van der Waals surface area contributed by atoms with Crippen LogP contribution < -0.4 is 16.4 Å². The van der Waals surface area contributed by atoms with Crippen LogP contribution in [0.3, 0.4) is 0 Å². The van der Waals surface area contributed by atoms with Crippen molar-refractivity contribution in [2.45, 2.75) is 6.92 Å². The Bertz CT molecular complexity index is 991. The molecule has 7 heteroatoms. The first-order valence-electron chi connectivity index (χ1n) is 6.58. The number of anilines is 2. The van der Waals surface area contributed by atoms with Crippen molar-refractivity contribution in [3.8, 4) is 0 Å². The molecule has 0 saturated carbocycles. The molecule has 0 atom stereocenters. The minimum Gasteiger partial charge on any atom is -0.352 e. The number of benzene rings is 1. The van der Waals surface area contributed by atoms with Gasteiger partial charge >= 0.3 is 0 Å². The van der Waals surface area contributed by atoms with E-state index in [1.165, 1.54) is 30.1 Å². The Balaban J connectivity index is 2.25. The van der Waals surface area contributed by atoms with Crippen LogP contribution in [0.4, 0.5) is 15.8 Å². The van der Waals surface area contributed by atoms with Gasteiger partial charge in [0.25, 0.3) is 11.1 Å². The van der Waals surface area contributed by atoms with E-state index in [0.29, 0.717) is 0 Å². The fourth-order valence-electron chi connectivity index (χ4n) is 2.25. The number of halogens is 1. The highest BCUT2D eigenvalue weighted by molar-refractivity contribution is 5.90. The molecule has 0 unspecified atom stereocenters. The molecule has 2 aromatic heterocycles. The van der Waals surface area contributed by atoms with Gasteiger partial charge in [-0.25, -0.2) is 9.37 Å². The smallest absolute Gasteiger partial charge is 0.262 e. The molecule has 3 aromatic rings. The number of aryl methyl sites for hydroxylation is 2. The van der Waals surface area contributed by atoms with Crippen LogP contribution in [0, 0.1) is 12.7 Å². The predicted molar refractivity (Wildman–Crippen MR) is 82.0 cm³/mol. The summed E-state index contributed by atoms with van der Waals surface area (Å²) in [5.41, 5.74) is 0.650. The average Bonchev–Trinajstić information content (AvgIpc) is 2.47. The summed E-state index contributed by atoms with van der Waals surface area (Å²) >= 11 is 0. The first kappa shape index (κ1) is 14.0. The van der Waals surface area contributed by atoms with Crippen molar-refractivity contribution in [3.05, 3.63) is 62.7 Å². The molecule has 3 rings (SSSR count). The van der Waals surface area contributed by atoms with Gasteiger partial charge in [0.1, 0.15) is 11.2 Å². The summed E-state index contributed by atoms with van der Waals surface area (Å²) in [5, 5.41) is 3.00. The van der Waals surface area contributed by atoms with Crippen LogP contribution >= 0.6 is 0 Å². The summed E-state index contributed by atoms with van der Waals surface area (Å²) in [6, 6.07) is 5.91. The highest BCUT2D eigenvalue weighted by Gasteiger charge is 2.12. The lowest BCUT2D eigenvalue weighted by atomic mass is 10.2. The van der Waals surface area contributed by atoms with Gasteiger partial charge in [0.2, 0.25) is 0 Å². The number of fused-ring (bicyclic) bond motifs is 1. The summed E-state index contributed by atoms with van der Waals surface area (Å²) in [6.45, 7) is 1.77. The maximum Gasteiger partial charge on any atom is 0.262 e. The van der Waals surface area contributed by atoms with E-state index in [1.54, 1.807) is 19.1 Å². The molecule has 112 valence electrons. The lowest BCUT2D eigenvalue weighted by Crippen LogP contribution is -2.21. The molecule has 0 bridgehead atoms. The first-order valence-corrected chi connectivity index (χ1v) is 6.58. The van der Waals surface area contributed by atoms with Gasteiger partial charge in [0.05, 0.1) is 17.7 Å². The molecule has 2 heterocycles. The van der Waals surface area contributed by atoms with Crippen molar-refractivity contribution >= 4 is 22.4 Å². The monoisotopic (exact) mass is 300 g/mol. The third-order valence-electron chi connectivity index (χ3n) is 3.41. The van der Waals surface area contributed by atoms with E-state index in [4.69, 9.17) is 0 Å². The second-order valence-electron chi connectivity index (χ2n) is 4.99. The third kappa shape index (κ3) is 2.26. The highest BCUT2D eigenvalue weighted by atomic mass is 19.1. The summed E-state index contributed by atoms with van der Waals surface area (Å²) in [5.74, 6) is -0.464. The van der Waals surface area contributed by atoms with E-state index in [-0.39, 0.29) is 28.0 Å². The average molecular weight is 300 g/mol. The van der Waals surface area contributed by atoms with Gasteiger partial charge in [-0.15, -0.1) is 0 Å². The molecular formula is C15H13FN4O2. The minimum absolute atomic E-state index is 0.184. The Morgan fingerprint density at radius 1 is 1.23 bits per heavy atom.